The van der Waals surface area contributed by atoms with Crippen LogP contribution in [0.25, 0.3) is 0 Å². The molecule has 0 aromatic rings. The van der Waals surface area contributed by atoms with Crippen molar-refractivity contribution in [1.29, 1.82) is 0 Å². The van der Waals surface area contributed by atoms with Crippen LogP contribution >= 0.6 is 0 Å². The Bertz CT molecular complexity index is 399. The molecule has 0 radical (unpaired) electrons. The Hall–Kier alpha value is -0.910. The molecule has 0 saturated carbocycles. The highest BCUT2D eigenvalue weighted by Gasteiger charge is 2.38. The van der Waals surface area contributed by atoms with E-state index in [2.05, 4.69) is 0 Å². The van der Waals surface area contributed by atoms with Crippen LogP contribution in [0.4, 0.5) is 0 Å². The topological polar surface area (TPSA) is 57.7 Å². The summed E-state index contributed by atoms with van der Waals surface area (Å²) < 4.78 is 11.3. The highest BCUT2D eigenvalue weighted by atomic mass is 32.2. The van der Waals surface area contributed by atoms with Gasteiger partial charge >= 0.3 is 0 Å². The number of rotatable bonds is 4. The molecule has 2 aliphatic rings. The number of carbonyl (C=O) groups is 2. The molecule has 0 spiro atoms. The van der Waals surface area contributed by atoms with E-state index in [-0.39, 0.29) is 23.1 Å². The molecule has 2 heterocycles. The summed E-state index contributed by atoms with van der Waals surface area (Å²) in [4.78, 5) is 27.9. The van der Waals surface area contributed by atoms with Gasteiger partial charge in [-0.1, -0.05) is 6.92 Å². The number of amides is 2. The van der Waals surface area contributed by atoms with E-state index in [0.29, 0.717) is 19.5 Å². The van der Waals surface area contributed by atoms with Crippen LogP contribution in [0.3, 0.4) is 0 Å². The van der Waals surface area contributed by atoms with Gasteiger partial charge in [0.2, 0.25) is 11.8 Å². The molecule has 0 N–H and O–H groups in total. The first-order chi connectivity index (χ1) is 9.00. The summed E-state index contributed by atoms with van der Waals surface area (Å²) in [6.07, 6.45) is 4.56. The Morgan fingerprint density at radius 1 is 1.37 bits per heavy atom. The highest BCUT2D eigenvalue weighted by Crippen LogP contribution is 2.23. The van der Waals surface area contributed by atoms with Gasteiger partial charge in [-0.2, -0.15) is 0 Å². The minimum absolute atomic E-state index is 0.0810. The van der Waals surface area contributed by atoms with Crippen molar-refractivity contribution in [3.05, 3.63) is 0 Å². The third kappa shape index (κ3) is 3.16. The molecule has 2 fully saturated rings. The lowest BCUT2D eigenvalue weighted by Crippen LogP contribution is -2.44. The van der Waals surface area contributed by atoms with Crippen LogP contribution in [0.1, 0.15) is 32.6 Å². The van der Waals surface area contributed by atoms with Gasteiger partial charge in [-0.3, -0.25) is 13.8 Å². The quantitative estimate of drug-likeness (QED) is 0.750. The molecule has 2 aliphatic heterocycles. The Balaban J connectivity index is 1.99. The van der Waals surface area contributed by atoms with E-state index in [4.69, 9.17) is 0 Å². The fourth-order valence-electron chi connectivity index (χ4n) is 2.74. The molecular weight excluding hydrogens is 264 g/mol. The van der Waals surface area contributed by atoms with Crippen molar-refractivity contribution in [3.63, 3.8) is 0 Å². The van der Waals surface area contributed by atoms with E-state index < -0.39 is 10.8 Å². The fraction of sp³-hybridized carbons (Fsp3) is 0.846. The van der Waals surface area contributed by atoms with E-state index in [1.165, 1.54) is 0 Å². The number of hydrogen-bond donors (Lipinski definition) is 0. The van der Waals surface area contributed by atoms with Crippen LogP contribution in [-0.4, -0.2) is 63.0 Å². The molecule has 0 aliphatic carbocycles. The van der Waals surface area contributed by atoms with Crippen LogP contribution in [0.2, 0.25) is 0 Å². The predicted molar refractivity (Wildman–Crippen MR) is 74.1 cm³/mol. The average Bonchev–Trinajstić information content (AvgIpc) is 2.82. The number of hydrogen-bond acceptors (Lipinski definition) is 3. The van der Waals surface area contributed by atoms with Crippen molar-refractivity contribution in [1.82, 2.24) is 9.80 Å². The van der Waals surface area contributed by atoms with Gasteiger partial charge in [-0.15, -0.1) is 0 Å². The monoisotopic (exact) mass is 286 g/mol. The van der Waals surface area contributed by atoms with Crippen LogP contribution in [0.15, 0.2) is 0 Å². The zero-order valence-electron chi connectivity index (χ0n) is 11.6. The zero-order valence-corrected chi connectivity index (χ0v) is 12.4. The lowest BCUT2D eigenvalue weighted by atomic mass is 10.2. The molecule has 3 unspecified atom stereocenters. The lowest BCUT2D eigenvalue weighted by molar-refractivity contribution is -0.139. The Labute approximate surface area is 116 Å². The number of nitrogens with zero attached hydrogens (tertiary/aromatic N) is 2. The van der Waals surface area contributed by atoms with Crippen molar-refractivity contribution in [2.75, 3.05) is 25.9 Å². The summed E-state index contributed by atoms with van der Waals surface area (Å²) in [5, 5.41) is 0.0893. The number of carbonyl (C=O) groups excluding carboxylic acids is 2. The van der Waals surface area contributed by atoms with Crippen molar-refractivity contribution >= 4 is 22.6 Å². The van der Waals surface area contributed by atoms with Gasteiger partial charge in [-0.05, 0) is 19.3 Å². The van der Waals surface area contributed by atoms with E-state index in [1.54, 1.807) is 16.1 Å². The summed E-state index contributed by atoms with van der Waals surface area (Å²) in [7, 11) is -0.858. The van der Waals surface area contributed by atoms with Gasteiger partial charge in [0, 0.05) is 48.4 Å². The predicted octanol–water partition coefficient (Wildman–Crippen LogP) is 0.367. The standard InChI is InChI=1S/C13H22N2O3S/c1-10(19(2)18)5-8-14-9-6-12(16)15-7-3-4-11(15)13(14)17/h10-11H,3-9H2,1-2H3. The third-order valence-corrected chi connectivity index (χ3v) is 5.51. The Kier molecular flexibility index (Phi) is 4.60. The summed E-state index contributed by atoms with van der Waals surface area (Å²) in [5.74, 6) is 0.183. The molecule has 108 valence electrons. The second-order valence-electron chi connectivity index (χ2n) is 5.42. The first kappa shape index (κ1) is 14.5. The van der Waals surface area contributed by atoms with E-state index in [9.17, 15) is 13.8 Å². The summed E-state index contributed by atoms with van der Waals surface area (Å²) >= 11 is 0. The molecule has 6 heteroatoms. The highest BCUT2D eigenvalue weighted by molar-refractivity contribution is 7.84. The largest absolute Gasteiger partial charge is 0.340 e. The molecule has 0 bridgehead atoms. The molecule has 2 rings (SSSR count). The summed E-state index contributed by atoms with van der Waals surface area (Å²) in [5.41, 5.74) is 0. The molecule has 19 heavy (non-hydrogen) atoms. The van der Waals surface area contributed by atoms with Crippen LogP contribution < -0.4 is 0 Å². The molecule has 0 aromatic heterocycles. The molecule has 2 amide bonds. The second kappa shape index (κ2) is 6.03. The van der Waals surface area contributed by atoms with Crippen LogP contribution in [0, 0.1) is 0 Å². The van der Waals surface area contributed by atoms with E-state index in [0.717, 1.165) is 25.8 Å². The zero-order chi connectivity index (χ0) is 14.0. The lowest BCUT2D eigenvalue weighted by Gasteiger charge is -2.25. The summed E-state index contributed by atoms with van der Waals surface area (Å²) in [6.45, 7) is 3.77. The van der Waals surface area contributed by atoms with E-state index >= 15 is 0 Å². The molecule has 5 nitrogen and oxygen atoms in total. The van der Waals surface area contributed by atoms with Crippen molar-refractivity contribution < 1.29 is 13.8 Å². The average molecular weight is 286 g/mol. The normalized spacial score (nSPS) is 27.2. The SMILES string of the molecule is CC(CCN1CCC(=O)N2CCCC2C1=O)S(C)=O. The Morgan fingerprint density at radius 2 is 2.11 bits per heavy atom. The maximum absolute atomic E-state index is 12.4. The number of fused-ring (bicyclic) bond motifs is 1. The van der Waals surface area contributed by atoms with E-state index in [1.807, 2.05) is 6.92 Å². The smallest absolute Gasteiger partial charge is 0.245 e. The van der Waals surface area contributed by atoms with Gasteiger partial charge in [0.05, 0.1) is 0 Å². The molecule has 0 aromatic carbocycles. The van der Waals surface area contributed by atoms with Gasteiger partial charge in [-0.25, -0.2) is 0 Å². The van der Waals surface area contributed by atoms with Gasteiger partial charge < -0.3 is 9.80 Å². The van der Waals surface area contributed by atoms with Crippen molar-refractivity contribution in [3.8, 4) is 0 Å². The van der Waals surface area contributed by atoms with Crippen molar-refractivity contribution in [2.45, 2.75) is 43.9 Å². The van der Waals surface area contributed by atoms with Crippen LogP contribution in [0.5, 0.6) is 0 Å². The van der Waals surface area contributed by atoms with Crippen LogP contribution in [-0.2, 0) is 20.4 Å². The fourth-order valence-corrected chi connectivity index (χ4v) is 3.18. The van der Waals surface area contributed by atoms with Crippen molar-refractivity contribution in [2.24, 2.45) is 0 Å². The van der Waals surface area contributed by atoms with Gasteiger partial charge in [0.25, 0.3) is 0 Å². The Morgan fingerprint density at radius 3 is 2.79 bits per heavy atom. The minimum Gasteiger partial charge on any atom is -0.340 e. The first-order valence-electron chi connectivity index (χ1n) is 6.91. The van der Waals surface area contributed by atoms with Gasteiger partial charge in [0.1, 0.15) is 6.04 Å². The molecule has 3 atom stereocenters. The maximum atomic E-state index is 12.4. The molecular formula is C13H22N2O3S. The first-order valence-corrected chi connectivity index (χ1v) is 8.53. The van der Waals surface area contributed by atoms with Gasteiger partial charge in [0.15, 0.2) is 0 Å². The minimum atomic E-state index is -0.858. The summed E-state index contributed by atoms with van der Waals surface area (Å²) in [6, 6.07) is -0.238. The third-order valence-electron chi connectivity index (χ3n) is 4.14. The maximum Gasteiger partial charge on any atom is 0.245 e. The second-order valence-corrected chi connectivity index (χ2v) is 7.22. The molecule has 2 saturated heterocycles.